The van der Waals surface area contributed by atoms with Crippen molar-refractivity contribution in [3.8, 4) is 0 Å². The quantitative estimate of drug-likeness (QED) is 0.111. The minimum atomic E-state index is -1.02. The van der Waals surface area contributed by atoms with Crippen LogP contribution in [0.15, 0.2) is 49.1 Å². The summed E-state index contributed by atoms with van der Waals surface area (Å²) in [4.78, 5) is 47.1. The zero-order chi connectivity index (χ0) is 29.7. The van der Waals surface area contributed by atoms with Crippen LogP contribution >= 0.6 is 0 Å². The van der Waals surface area contributed by atoms with Crippen LogP contribution in [-0.4, -0.2) is 88.4 Å². The Hall–Kier alpha value is -3.28. The van der Waals surface area contributed by atoms with Crippen molar-refractivity contribution in [2.45, 2.75) is 45.6 Å². The highest BCUT2D eigenvalue weighted by atomic mass is 16.5. The Bertz CT molecular complexity index is 777. The molecule has 0 aromatic carbocycles. The van der Waals surface area contributed by atoms with Gasteiger partial charge in [-0.3, -0.25) is 19.2 Å². The number of hydrogen-bond acceptors (Lipinski definition) is 7. The maximum atomic E-state index is 12.3. The van der Waals surface area contributed by atoms with Crippen LogP contribution in [-0.2, 0) is 33.4 Å². The van der Waals surface area contributed by atoms with Crippen molar-refractivity contribution < 1.29 is 33.4 Å². The summed E-state index contributed by atoms with van der Waals surface area (Å²) in [5, 5.41) is 11.1. The van der Waals surface area contributed by atoms with Crippen LogP contribution in [0.5, 0.6) is 0 Å². The molecular weight excluding hydrogens is 504 g/mol. The molecule has 0 aliphatic heterocycles. The fraction of sp³-hybridized carbons (Fsp3) is 0.571. The lowest BCUT2D eigenvalue weighted by atomic mass is 10.0. The topological polar surface area (TPSA) is 144 Å². The number of nitrogens with one attached hydrogen (secondary N) is 4. The third-order valence-corrected chi connectivity index (χ3v) is 5.12. The molecule has 4 amide bonds. The van der Waals surface area contributed by atoms with E-state index in [4.69, 9.17) is 14.2 Å². The Morgan fingerprint density at radius 2 is 0.949 bits per heavy atom. The van der Waals surface area contributed by atoms with Crippen molar-refractivity contribution in [2.75, 3.05) is 59.3 Å². The van der Waals surface area contributed by atoms with Crippen molar-refractivity contribution in [1.29, 1.82) is 0 Å². The molecule has 0 spiro atoms. The summed E-state index contributed by atoms with van der Waals surface area (Å²) in [5.41, 5.74) is 0.257. The predicted molar refractivity (Wildman–Crippen MR) is 151 cm³/mol. The van der Waals surface area contributed by atoms with E-state index in [1.165, 1.54) is 0 Å². The average molecular weight is 551 g/mol. The molecular formula is C28H46N4O7. The van der Waals surface area contributed by atoms with Crippen LogP contribution in [0.4, 0.5) is 0 Å². The van der Waals surface area contributed by atoms with Gasteiger partial charge in [-0.15, -0.1) is 0 Å². The molecule has 0 atom stereocenters. The third-order valence-electron chi connectivity index (χ3n) is 5.12. The average Bonchev–Trinajstić information content (AvgIpc) is 2.89. The molecule has 0 bridgehead atoms. The molecule has 0 rings (SSSR count). The molecule has 0 aliphatic carbocycles. The summed E-state index contributed by atoms with van der Waals surface area (Å²) in [6.45, 7) is 21.7. The highest BCUT2D eigenvalue weighted by molar-refractivity contribution is 5.92. The zero-order valence-corrected chi connectivity index (χ0v) is 23.7. The lowest BCUT2D eigenvalue weighted by Crippen LogP contribution is -2.58. The molecule has 0 heterocycles. The standard InChI is InChI=1S/C28H46N4O7/c1-8-24(33)32-28(18-37-15-9-12-29-25(34)21(2)3,19-38-16-10-13-30-26(35)22(4)5)20-39-17-11-14-31-27(36)23(6)7/h8H,1-2,4,6,9-20H2,3,5,7H3,(H,29,34)(H,30,35)(H,31,36)(H,32,33). The second-order valence-electron chi connectivity index (χ2n) is 9.30. The molecule has 220 valence electrons. The van der Waals surface area contributed by atoms with Gasteiger partial charge in [0.1, 0.15) is 5.54 Å². The van der Waals surface area contributed by atoms with Crippen LogP contribution in [0.25, 0.3) is 0 Å². The summed E-state index contributed by atoms with van der Waals surface area (Å²) in [6.07, 6.45) is 2.81. The van der Waals surface area contributed by atoms with Gasteiger partial charge in [-0.1, -0.05) is 26.3 Å². The van der Waals surface area contributed by atoms with Gasteiger partial charge in [0.2, 0.25) is 23.6 Å². The van der Waals surface area contributed by atoms with Crippen LogP contribution < -0.4 is 21.3 Å². The summed E-state index contributed by atoms with van der Waals surface area (Å²) in [5.74, 6) is -1.07. The van der Waals surface area contributed by atoms with Crippen LogP contribution in [0.2, 0.25) is 0 Å². The fourth-order valence-electron chi connectivity index (χ4n) is 2.93. The smallest absolute Gasteiger partial charge is 0.246 e. The van der Waals surface area contributed by atoms with E-state index in [0.29, 0.717) is 75.4 Å². The van der Waals surface area contributed by atoms with E-state index >= 15 is 0 Å². The monoisotopic (exact) mass is 550 g/mol. The van der Waals surface area contributed by atoms with Crippen molar-refractivity contribution in [1.82, 2.24) is 21.3 Å². The molecule has 39 heavy (non-hydrogen) atoms. The molecule has 11 heteroatoms. The first kappa shape index (κ1) is 35.7. The Morgan fingerprint density at radius 1 is 0.641 bits per heavy atom. The van der Waals surface area contributed by atoms with E-state index in [-0.39, 0.29) is 37.5 Å². The summed E-state index contributed by atoms with van der Waals surface area (Å²) in [6, 6.07) is 0. The minimum absolute atomic E-state index is 0.0831. The van der Waals surface area contributed by atoms with Crippen molar-refractivity contribution in [2.24, 2.45) is 0 Å². The predicted octanol–water partition coefficient (Wildman–Crippen LogP) is 1.32. The lowest BCUT2D eigenvalue weighted by Gasteiger charge is -2.34. The van der Waals surface area contributed by atoms with Gasteiger partial charge >= 0.3 is 0 Å². The first-order valence-electron chi connectivity index (χ1n) is 12.9. The van der Waals surface area contributed by atoms with E-state index in [1.807, 2.05) is 0 Å². The van der Waals surface area contributed by atoms with Crippen molar-refractivity contribution in [3.05, 3.63) is 49.1 Å². The maximum absolute atomic E-state index is 12.3. The summed E-state index contributed by atoms with van der Waals surface area (Å²) in [7, 11) is 0. The summed E-state index contributed by atoms with van der Waals surface area (Å²) < 4.78 is 17.5. The van der Waals surface area contributed by atoms with Gasteiger partial charge in [0, 0.05) is 56.2 Å². The fourth-order valence-corrected chi connectivity index (χ4v) is 2.93. The number of carbonyl (C=O) groups is 4. The van der Waals surface area contributed by atoms with Crippen LogP contribution in [0.3, 0.4) is 0 Å². The number of amides is 4. The largest absolute Gasteiger partial charge is 0.379 e. The third kappa shape index (κ3) is 17.8. The molecule has 0 saturated carbocycles. The van der Waals surface area contributed by atoms with E-state index < -0.39 is 11.4 Å². The van der Waals surface area contributed by atoms with Crippen LogP contribution in [0.1, 0.15) is 40.0 Å². The minimum Gasteiger partial charge on any atom is -0.379 e. The van der Waals surface area contributed by atoms with Gasteiger partial charge in [-0.2, -0.15) is 0 Å². The van der Waals surface area contributed by atoms with Crippen molar-refractivity contribution >= 4 is 23.6 Å². The Kier molecular flexibility index (Phi) is 18.9. The summed E-state index contributed by atoms with van der Waals surface area (Å²) >= 11 is 0. The first-order valence-corrected chi connectivity index (χ1v) is 12.9. The Morgan fingerprint density at radius 3 is 1.21 bits per heavy atom. The zero-order valence-electron chi connectivity index (χ0n) is 23.7. The maximum Gasteiger partial charge on any atom is 0.246 e. The van der Waals surface area contributed by atoms with Crippen molar-refractivity contribution in [3.63, 3.8) is 0 Å². The van der Waals surface area contributed by atoms with Gasteiger partial charge in [-0.05, 0) is 46.1 Å². The second kappa shape index (κ2) is 20.7. The molecule has 0 radical (unpaired) electrons. The molecule has 0 aromatic rings. The molecule has 0 saturated heterocycles. The molecule has 0 aliphatic rings. The highest BCUT2D eigenvalue weighted by Crippen LogP contribution is 2.10. The number of ether oxygens (including phenoxy) is 3. The number of hydrogen-bond donors (Lipinski definition) is 4. The van der Waals surface area contributed by atoms with Gasteiger partial charge in [0.15, 0.2) is 0 Å². The highest BCUT2D eigenvalue weighted by Gasteiger charge is 2.33. The van der Waals surface area contributed by atoms with E-state index in [2.05, 4.69) is 47.6 Å². The first-order chi connectivity index (χ1) is 18.4. The van der Waals surface area contributed by atoms with E-state index in [0.717, 1.165) is 6.08 Å². The van der Waals surface area contributed by atoms with Gasteiger partial charge in [-0.25, -0.2) is 0 Å². The number of carbonyl (C=O) groups excluding carboxylic acids is 4. The molecule has 0 unspecified atom stereocenters. The normalized spacial score (nSPS) is 10.7. The van der Waals surface area contributed by atoms with E-state index in [1.54, 1.807) is 20.8 Å². The second-order valence-corrected chi connectivity index (χ2v) is 9.30. The molecule has 11 nitrogen and oxygen atoms in total. The number of rotatable bonds is 23. The SMILES string of the molecule is C=CC(=O)NC(COCCCNC(=O)C(=C)C)(COCCCNC(=O)C(=C)C)COCCCNC(=O)C(=C)C. The van der Waals surface area contributed by atoms with Gasteiger partial charge in [0.05, 0.1) is 19.8 Å². The van der Waals surface area contributed by atoms with E-state index in [9.17, 15) is 19.2 Å². The van der Waals surface area contributed by atoms with Gasteiger partial charge in [0.25, 0.3) is 0 Å². The Balaban J connectivity index is 5.01. The molecule has 4 N–H and O–H groups in total. The lowest BCUT2D eigenvalue weighted by molar-refractivity contribution is -0.123. The Labute approximate surface area is 232 Å². The van der Waals surface area contributed by atoms with Gasteiger partial charge < -0.3 is 35.5 Å². The van der Waals surface area contributed by atoms with Crippen LogP contribution in [0, 0.1) is 0 Å². The molecule has 0 aromatic heterocycles. The molecule has 0 fully saturated rings.